The van der Waals surface area contributed by atoms with Gasteiger partial charge in [0.1, 0.15) is 0 Å². The molecule has 0 aromatic heterocycles. The van der Waals surface area contributed by atoms with Crippen LogP contribution in [0.2, 0.25) is 0 Å². The highest BCUT2D eigenvalue weighted by atomic mass is 16.3. The standard InChI is InChI=1S/C12H23NO2/c1-12(2,3)11(15)13(8-9-14)10-6-4-5-7-10/h10,14H,4-9H2,1-3H3. The summed E-state index contributed by atoms with van der Waals surface area (Å²) in [5.41, 5.74) is -0.336. The van der Waals surface area contributed by atoms with Crippen LogP contribution < -0.4 is 0 Å². The fourth-order valence-electron chi connectivity index (χ4n) is 2.20. The van der Waals surface area contributed by atoms with E-state index in [1.807, 2.05) is 25.7 Å². The first-order valence-electron chi connectivity index (χ1n) is 5.88. The molecule has 1 fully saturated rings. The number of hydrogen-bond acceptors (Lipinski definition) is 2. The van der Waals surface area contributed by atoms with E-state index in [1.165, 1.54) is 12.8 Å². The molecule has 1 aliphatic carbocycles. The average molecular weight is 213 g/mol. The van der Waals surface area contributed by atoms with Crippen molar-refractivity contribution in [1.82, 2.24) is 4.90 Å². The lowest BCUT2D eigenvalue weighted by Gasteiger charge is -2.33. The minimum absolute atomic E-state index is 0.0678. The number of aliphatic hydroxyl groups is 1. The van der Waals surface area contributed by atoms with Gasteiger partial charge in [0.15, 0.2) is 0 Å². The van der Waals surface area contributed by atoms with Crippen LogP contribution in [0.15, 0.2) is 0 Å². The van der Waals surface area contributed by atoms with E-state index >= 15 is 0 Å². The van der Waals surface area contributed by atoms with Gasteiger partial charge >= 0.3 is 0 Å². The highest BCUT2D eigenvalue weighted by Crippen LogP contribution is 2.27. The molecule has 1 saturated carbocycles. The maximum absolute atomic E-state index is 12.2. The molecular weight excluding hydrogens is 190 g/mol. The summed E-state index contributed by atoms with van der Waals surface area (Å²) in [5, 5.41) is 9.02. The van der Waals surface area contributed by atoms with E-state index in [-0.39, 0.29) is 17.9 Å². The molecule has 15 heavy (non-hydrogen) atoms. The number of carbonyl (C=O) groups excluding carboxylic acids is 1. The highest BCUT2D eigenvalue weighted by molar-refractivity contribution is 5.81. The lowest BCUT2D eigenvalue weighted by atomic mass is 9.93. The molecule has 0 spiro atoms. The van der Waals surface area contributed by atoms with Crippen LogP contribution in [0.3, 0.4) is 0 Å². The van der Waals surface area contributed by atoms with Crippen LogP contribution in [0.4, 0.5) is 0 Å². The van der Waals surface area contributed by atoms with Crippen molar-refractivity contribution in [1.29, 1.82) is 0 Å². The molecule has 1 amide bonds. The van der Waals surface area contributed by atoms with Crippen LogP contribution in [0.1, 0.15) is 46.5 Å². The van der Waals surface area contributed by atoms with Crippen LogP contribution in [-0.2, 0) is 4.79 Å². The predicted octanol–water partition coefficient (Wildman–Crippen LogP) is 1.80. The quantitative estimate of drug-likeness (QED) is 0.776. The molecule has 88 valence electrons. The maximum atomic E-state index is 12.2. The van der Waals surface area contributed by atoms with Crippen molar-refractivity contribution in [2.45, 2.75) is 52.5 Å². The second-order valence-corrected chi connectivity index (χ2v) is 5.41. The first-order chi connectivity index (χ1) is 6.96. The van der Waals surface area contributed by atoms with E-state index in [9.17, 15) is 4.79 Å². The Morgan fingerprint density at radius 1 is 1.33 bits per heavy atom. The van der Waals surface area contributed by atoms with E-state index in [4.69, 9.17) is 5.11 Å². The van der Waals surface area contributed by atoms with E-state index in [1.54, 1.807) is 0 Å². The zero-order chi connectivity index (χ0) is 11.5. The Kier molecular flexibility index (Phi) is 4.14. The Balaban J connectivity index is 2.68. The van der Waals surface area contributed by atoms with Gasteiger partial charge in [0.25, 0.3) is 0 Å². The molecule has 1 aliphatic rings. The Bertz CT molecular complexity index is 214. The van der Waals surface area contributed by atoms with E-state index in [0.29, 0.717) is 12.6 Å². The zero-order valence-electron chi connectivity index (χ0n) is 10.1. The molecule has 0 radical (unpaired) electrons. The fourth-order valence-corrected chi connectivity index (χ4v) is 2.20. The Morgan fingerprint density at radius 2 is 1.87 bits per heavy atom. The molecule has 0 atom stereocenters. The molecule has 0 bridgehead atoms. The SMILES string of the molecule is CC(C)(C)C(=O)N(CCO)C1CCCC1. The van der Waals surface area contributed by atoms with Crippen LogP contribution in [0, 0.1) is 5.41 Å². The Morgan fingerprint density at radius 3 is 2.27 bits per heavy atom. The topological polar surface area (TPSA) is 40.5 Å². The van der Waals surface area contributed by atoms with Gasteiger partial charge in [-0.05, 0) is 12.8 Å². The molecule has 1 N–H and O–H groups in total. The number of hydrogen-bond donors (Lipinski definition) is 1. The molecule has 3 nitrogen and oxygen atoms in total. The van der Waals surface area contributed by atoms with Crippen LogP contribution in [0.5, 0.6) is 0 Å². The van der Waals surface area contributed by atoms with Crippen molar-refractivity contribution in [3.63, 3.8) is 0 Å². The van der Waals surface area contributed by atoms with Gasteiger partial charge in [0.2, 0.25) is 5.91 Å². The van der Waals surface area contributed by atoms with Crippen molar-refractivity contribution in [2.75, 3.05) is 13.2 Å². The van der Waals surface area contributed by atoms with Crippen LogP contribution in [0.25, 0.3) is 0 Å². The summed E-state index contributed by atoms with van der Waals surface area (Å²) in [4.78, 5) is 14.0. The first kappa shape index (κ1) is 12.5. The molecule has 3 heteroatoms. The zero-order valence-corrected chi connectivity index (χ0v) is 10.1. The molecular formula is C12H23NO2. The van der Waals surface area contributed by atoms with Gasteiger partial charge in [-0.25, -0.2) is 0 Å². The monoisotopic (exact) mass is 213 g/mol. The summed E-state index contributed by atoms with van der Waals surface area (Å²) in [5.74, 6) is 0.170. The summed E-state index contributed by atoms with van der Waals surface area (Å²) in [6, 6.07) is 0.365. The lowest BCUT2D eigenvalue weighted by Crippen LogP contribution is -2.46. The minimum Gasteiger partial charge on any atom is -0.395 e. The average Bonchev–Trinajstić information content (AvgIpc) is 2.64. The number of rotatable bonds is 3. The minimum atomic E-state index is -0.336. The van der Waals surface area contributed by atoms with Crippen molar-refractivity contribution < 1.29 is 9.90 Å². The van der Waals surface area contributed by atoms with Crippen molar-refractivity contribution in [2.24, 2.45) is 5.41 Å². The molecule has 0 aromatic carbocycles. The third-order valence-corrected chi connectivity index (χ3v) is 3.01. The largest absolute Gasteiger partial charge is 0.395 e. The summed E-state index contributed by atoms with van der Waals surface area (Å²) in [6.45, 7) is 6.37. The first-order valence-corrected chi connectivity index (χ1v) is 5.88. The number of amides is 1. The Hall–Kier alpha value is -0.570. The number of aliphatic hydroxyl groups excluding tert-OH is 1. The van der Waals surface area contributed by atoms with Crippen LogP contribution in [-0.4, -0.2) is 35.1 Å². The van der Waals surface area contributed by atoms with Gasteiger partial charge in [0, 0.05) is 18.0 Å². The number of carbonyl (C=O) groups is 1. The van der Waals surface area contributed by atoms with Crippen LogP contribution >= 0.6 is 0 Å². The smallest absolute Gasteiger partial charge is 0.228 e. The van der Waals surface area contributed by atoms with Gasteiger partial charge in [0.05, 0.1) is 6.61 Å². The summed E-state index contributed by atoms with van der Waals surface area (Å²) < 4.78 is 0. The van der Waals surface area contributed by atoms with E-state index in [2.05, 4.69) is 0 Å². The third kappa shape index (κ3) is 3.20. The highest BCUT2D eigenvalue weighted by Gasteiger charge is 2.32. The summed E-state index contributed by atoms with van der Waals surface area (Å²) >= 11 is 0. The van der Waals surface area contributed by atoms with Gasteiger partial charge < -0.3 is 10.0 Å². The summed E-state index contributed by atoms with van der Waals surface area (Å²) in [7, 11) is 0. The van der Waals surface area contributed by atoms with Gasteiger partial charge in [-0.1, -0.05) is 33.6 Å². The Labute approximate surface area is 92.5 Å². The lowest BCUT2D eigenvalue weighted by molar-refractivity contribution is -0.142. The van der Waals surface area contributed by atoms with Crippen molar-refractivity contribution in [3.8, 4) is 0 Å². The molecule has 0 aromatic rings. The molecule has 0 aliphatic heterocycles. The fraction of sp³-hybridized carbons (Fsp3) is 0.917. The maximum Gasteiger partial charge on any atom is 0.228 e. The third-order valence-electron chi connectivity index (χ3n) is 3.01. The van der Waals surface area contributed by atoms with Gasteiger partial charge in [-0.15, -0.1) is 0 Å². The van der Waals surface area contributed by atoms with Gasteiger partial charge in [-0.2, -0.15) is 0 Å². The van der Waals surface area contributed by atoms with Crippen molar-refractivity contribution >= 4 is 5.91 Å². The van der Waals surface area contributed by atoms with E-state index in [0.717, 1.165) is 12.8 Å². The molecule has 0 unspecified atom stereocenters. The van der Waals surface area contributed by atoms with Gasteiger partial charge in [-0.3, -0.25) is 4.79 Å². The molecule has 0 heterocycles. The predicted molar refractivity (Wildman–Crippen MR) is 60.5 cm³/mol. The molecule has 1 rings (SSSR count). The second-order valence-electron chi connectivity index (χ2n) is 5.41. The second kappa shape index (κ2) is 4.97. The summed E-state index contributed by atoms with van der Waals surface area (Å²) in [6.07, 6.45) is 4.62. The molecule has 0 saturated heterocycles. The van der Waals surface area contributed by atoms with E-state index < -0.39 is 0 Å². The number of nitrogens with zero attached hydrogens (tertiary/aromatic N) is 1. The van der Waals surface area contributed by atoms with Crippen molar-refractivity contribution in [3.05, 3.63) is 0 Å². The normalized spacial score (nSPS) is 18.1.